The summed E-state index contributed by atoms with van der Waals surface area (Å²) in [6.45, 7) is 1.51. The van der Waals surface area contributed by atoms with E-state index in [0.717, 1.165) is 0 Å². The molecule has 1 aliphatic rings. The van der Waals surface area contributed by atoms with E-state index >= 15 is 0 Å². The minimum absolute atomic E-state index is 0.0509. The van der Waals surface area contributed by atoms with E-state index in [-0.39, 0.29) is 18.9 Å². The third kappa shape index (κ3) is 1.10. The first-order chi connectivity index (χ1) is 4.54. The number of carbonyl (C=O) groups excluding carboxylic acids is 1. The molecule has 4 heteroatoms. The second kappa shape index (κ2) is 2.18. The van der Waals surface area contributed by atoms with Crippen LogP contribution in [0.25, 0.3) is 0 Å². The molecule has 2 nitrogen and oxygen atoms in total. The molecular weight excluding hydrogens is 140 g/mol. The van der Waals surface area contributed by atoms with Gasteiger partial charge in [-0.2, -0.15) is 0 Å². The van der Waals surface area contributed by atoms with E-state index in [4.69, 9.17) is 0 Å². The van der Waals surface area contributed by atoms with Crippen molar-refractivity contribution >= 4 is 5.91 Å². The van der Waals surface area contributed by atoms with Crippen LogP contribution >= 0.6 is 0 Å². The fraction of sp³-hybridized carbons (Fsp3) is 0.833. The van der Waals surface area contributed by atoms with Gasteiger partial charge in [0.15, 0.2) is 0 Å². The highest BCUT2D eigenvalue weighted by molar-refractivity contribution is 5.79. The highest BCUT2D eigenvalue weighted by Crippen LogP contribution is 2.32. The largest absolute Gasteiger partial charge is 0.355 e. The number of alkyl halides is 2. The predicted octanol–water partition coefficient (Wildman–Crippen LogP) is 0.778. The van der Waals surface area contributed by atoms with Crippen molar-refractivity contribution in [2.45, 2.75) is 19.8 Å². The van der Waals surface area contributed by atoms with Crippen LogP contribution in [0.3, 0.4) is 0 Å². The molecule has 10 heavy (non-hydrogen) atoms. The summed E-state index contributed by atoms with van der Waals surface area (Å²) >= 11 is 0. The Labute approximate surface area is 57.6 Å². The van der Waals surface area contributed by atoms with Crippen molar-refractivity contribution in [3.63, 3.8) is 0 Å². The first-order valence-electron chi connectivity index (χ1n) is 3.09. The summed E-state index contributed by atoms with van der Waals surface area (Å²) in [4.78, 5) is 10.5. The maximum Gasteiger partial charge on any atom is 0.246 e. The lowest BCUT2D eigenvalue weighted by atomic mass is 9.90. The molecule has 0 aliphatic carbocycles. The molecule has 0 saturated carbocycles. The van der Waals surface area contributed by atoms with E-state index in [0.29, 0.717) is 0 Å². The van der Waals surface area contributed by atoms with Crippen molar-refractivity contribution in [1.82, 2.24) is 5.32 Å². The lowest BCUT2D eigenvalue weighted by molar-refractivity contribution is -0.120. The van der Waals surface area contributed by atoms with Crippen molar-refractivity contribution in [3.8, 4) is 0 Å². The summed E-state index contributed by atoms with van der Waals surface area (Å²) in [5.41, 5.74) is -1.13. The molecule has 58 valence electrons. The zero-order valence-corrected chi connectivity index (χ0v) is 5.66. The molecule has 0 spiro atoms. The molecule has 0 aromatic heterocycles. The monoisotopic (exact) mass is 149 g/mol. The van der Waals surface area contributed by atoms with Crippen LogP contribution in [0.2, 0.25) is 0 Å². The van der Waals surface area contributed by atoms with Gasteiger partial charge in [0.1, 0.15) is 0 Å². The summed E-state index contributed by atoms with van der Waals surface area (Å²) in [5.74, 6) is -0.275. The average Bonchev–Trinajstić information content (AvgIpc) is 2.13. The second-order valence-corrected chi connectivity index (χ2v) is 2.91. The maximum atomic E-state index is 12.1. The summed E-state index contributed by atoms with van der Waals surface area (Å²) in [6, 6.07) is 0. The van der Waals surface area contributed by atoms with Crippen LogP contribution in [-0.2, 0) is 4.79 Å². The first-order valence-corrected chi connectivity index (χ1v) is 3.09. The molecule has 1 N–H and O–H groups in total. The zero-order valence-electron chi connectivity index (χ0n) is 5.66. The summed E-state index contributed by atoms with van der Waals surface area (Å²) in [5, 5.41) is 2.37. The quantitative estimate of drug-likeness (QED) is 0.586. The Hall–Kier alpha value is -0.670. The van der Waals surface area contributed by atoms with Gasteiger partial charge in [-0.1, -0.05) is 6.92 Å². The van der Waals surface area contributed by atoms with Crippen molar-refractivity contribution in [2.24, 2.45) is 5.41 Å². The average molecular weight is 149 g/mol. The SMILES string of the molecule is CC1(C(F)F)CNC(=O)C1. The Morgan fingerprint density at radius 3 is 2.50 bits per heavy atom. The van der Waals surface area contributed by atoms with Crippen molar-refractivity contribution in [3.05, 3.63) is 0 Å². The lowest BCUT2D eigenvalue weighted by Crippen LogP contribution is -2.28. The molecule has 0 radical (unpaired) electrons. The molecule has 1 amide bonds. The standard InChI is InChI=1S/C6H9F2NO/c1-6(5(7)8)2-4(10)9-3-6/h5H,2-3H2,1H3,(H,9,10). The molecule has 1 heterocycles. The van der Waals surface area contributed by atoms with Gasteiger partial charge >= 0.3 is 0 Å². The molecule has 0 bridgehead atoms. The fourth-order valence-electron chi connectivity index (χ4n) is 0.947. The van der Waals surface area contributed by atoms with E-state index in [2.05, 4.69) is 5.32 Å². The lowest BCUT2D eigenvalue weighted by Gasteiger charge is -2.18. The summed E-state index contributed by atoms with van der Waals surface area (Å²) < 4.78 is 24.2. The molecule has 1 saturated heterocycles. The van der Waals surface area contributed by atoms with Crippen LogP contribution < -0.4 is 5.32 Å². The van der Waals surface area contributed by atoms with Gasteiger partial charge in [-0.3, -0.25) is 4.79 Å². The van der Waals surface area contributed by atoms with Gasteiger partial charge in [0.05, 0.1) is 5.41 Å². The Morgan fingerprint density at radius 2 is 2.30 bits per heavy atom. The molecule has 0 aromatic carbocycles. The van der Waals surface area contributed by atoms with E-state index in [1.165, 1.54) is 6.92 Å². The van der Waals surface area contributed by atoms with E-state index in [1.807, 2.05) is 0 Å². The topological polar surface area (TPSA) is 29.1 Å². The van der Waals surface area contributed by atoms with Crippen LogP contribution in [0.4, 0.5) is 8.78 Å². The first kappa shape index (κ1) is 7.44. The summed E-state index contributed by atoms with van der Waals surface area (Å²) in [7, 11) is 0. The van der Waals surface area contributed by atoms with Gasteiger partial charge in [0, 0.05) is 13.0 Å². The smallest absolute Gasteiger partial charge is 0.246 e. The zero-order chi connectivity index (χ0) is 7.78. The number of rotatable bonds is 1. The third-order valence-electron chi connectivity index (χ3n) is 1.78. The van der Waals surface area contributed by atoms with Crippen LogP contribution in [0.5, 0.6) is 0 Å². The van der Waals surface area contributed by atoms with Gasteiger partial charge < -0.3 is 5.32 Å². The van der Waals surface area contributed by atoms with Crippen molar-refractivity contribution < 1.29 is 13.6 Å². The number of hydrogen-bond acceptors (Lipinski definition) is 1. The van der Waals surface area contributed by atoms with Gasteiger partial charge in [-0.15, -0.1) is 0 Å². The van der Waals surface area contributed by atoms with E-state index in [9.17, 15) is 13.6 Å². The molecule has 1 unspecified atom stereocenters. The van der Waals surface area contributed by atoms with Crippen LogP contribution in [0.15, 0.2) is 0 Å². The Morgan fingerprint density at radius 1 is 1.70 bits per heavy atom. The van der Waals surface area contributed by atoms with Crippen molar-refractivity contribution in [1.29, 1.82) is 0 Å². The number of halogens is 2. The van der Waals surface area contributed by atoms with Gasteiger partial charge in [0.25, 0.3) is 0 Å². The normalized spacial score (nSPS) is 33.0. The van der Waals surface area contributed by atoms with Crippen LogP contribution in [0, 0.1) is 5.41 Å². The molecule has 1 aliphatic heterocycles. The van der Waals surface area contributed by atoms with E-state index < -0.39 is 11.8 Å². The third-order valence-corrected chi connectivity index (χ3v) is 1.78. The van der Waals surface area contributed by atoms with Crippen LogP contribution in [0.1, 0.15) is 13.3 Å². The Balaban J connectivity index is 2.63. The highest BCUT2D eigenvalue weighted by atomic mass is 19.3. The van der Waals surface area contributed by atoms with Crippen molar-refractivity contribution in [2.75, 3.05) is 6.54 Å². The Bertz CT molecular complexity index is 160. The number of amides is 1. The number of nitrogens with one attached hydrogen (secondary N) is 1. The van der Waals surface area contributed by atoms with Gasteiger partial charge in [-0.25, -0.2) is 8.78 Å². The minimum Gasteiger partial charge on any atom is -0.355 e. The maximum absolute atomic E-state index is 12.1. The molecule has 1 atom stereocenters. The Kier molecular flexibility index (Phi) is 1.62. The fourth-order valence-corrected chi connectivity index (χ4v) is 0.947. The summed E-state index contributed by atoms with van der Waals surface area (Å²) in [6.07, 6.45) is -2.46. The molecule has 1 rings (SSSR count). The van der Waals surface area contributed by atoms with Gasteiger partial charge in [-0.05, 0) is 0 Å². The number of hydrogen-bond donors (Lipinski definition) is 1. The van der Waals surface area contributed by atoms with Crippen LogP contribution in [-0.4, -0.2) is 18.9 Å². The van der Waals surface area contributed by atoms with E-state index in [1.54, 1.807) is 0 Å². The highest BCUT2D eigenvalue weighted by Gasteiger charge is 2.41. The molecular formula is C6H9F2NO. The molecule has 1 fully saturated rings. The van der Waals surface area contributed by atoms with Gasteiger partial charge in [0.2, 0.25) is 12.3 Å². The number of carbonyl (C=O) groups is 1. The molecule has 0 aromatic rings. The minimum atomic E-state index is -2.41. The predicted molar refractivity (Wildman–Crippen MR) is 31.7 cm³/mol. The second-order valence-electron chi connectivity index (χ2n) is 2.91.